The maximum absolute atomic E-state index is 6.02. The number of halogens is 1. The van der Waals surface area contributed by atoms with Gasteiger partial charge in [0.1, 0.15) is 5.15 Å². The molecular formula is C21H26ClN5O. The third-order valence-electron chi connectivity index (χ3n) is 5.12. The molecule has 148 valence electrons. The van der Waals surface area contributed by atoms with Crippen molar-refractivity contribution < 1.29 is 4.74 Å². The van der Waals surface area contributed by atoms with Crippen LogP contribution in [-0.4, -0.2) is 56.5 Å². The molecule has 1 aliphatic heterocycles. The van der Waals surface area contributed by atoms with Crippen LogP contribution in [0.15, 0.2) is 30.6 Å². The number of pyridine rings is 2. The van der Waals surface area contributed by atoms with Crippen LogP contribution in [0.1, 0.15) is 26.0 Å². The average Bonchev–Trinajstić information content (AvgIpc) is 3.01. The summed E-state index contributed by atoms with van der Waals surface area (Å²) in [5, 5.41) is 5.17. The molecule has 6 nitrogen and oxygen atoms in total. The van der Waals surface area contributed by atoms with E-state index in [4.69, 9.17) is 21.4 Å². The molecule has 3 aromatic heterocycles. The number of fused-ring (bicyclic) bond motifs is 1. The molecule has 0 saturated carbocycles. The Morgan fingerprint density at radius 1 is 1.14 bits per heavy atom. The molecule has 1 aliphatic rings. The zero-order valence-electron chi connectivity index (χ0n) is 16.6. The third kappa shape index (κ3) is 4.35. The second-order valence-corrected chi connectivity index (χ2v) is 8.05. The summed E-state index contributed by atoms with van der Waals surface area (Å²) in [5.74, 6) is 0. The minimum atomic E-state index is 0.310. The Balaban J connectivity index is 1.43. The van der Waals surface area contributed by atoms with E-state index >= 15 is 0 Å². The standard InChI is InChI=1S/C21H26ClN5O/c1-14-11-26(12-15(2)28-14)7-4-8-27-13-18(16(3)25-27)17-9-20-19(23-10-17)5-6-21(22)24-20/h5-6,9-10,13-15H,4,7-8,11-12H2,1-3H3/t14-,15+. The van der Waals surface area contributed by atoms with Gasteiger partial charge in [-0.05, 0) is 45.4 Å². The highest BCUT2D eigenvalue weighted by Gasteiger charge is 2.21. The number of aromatic nitrogens is 4. The number of ether oxygens (including phenoxy) is 1. The number of hydrogen-bond donors (Lipinski definition) is 0. The van der Waals surface area contributed by atoms with Gasteiger partial charge in [-0.25, -0.2) is 4.98 Å². The molecule has 1 fully saturated rings. The molecule has 0 aliphatic carbocycles. The van der Waals surface area contributed by atoms with Crippen LogP contribution in [0.25, 0.3) is 22.2 Å². The van der Waals surface area contributed by atoms with Crippen LogP contribution < -0.4 is 0 Å². The Morgan fingerprint density at radius 2 is 1.93 bits per heavy atom. The smallest absolute Gasteiger partial charge is 0.129 e. The molecule has 0 aromatic carbocycles. The van der Waals surface area contributed by atoms with E-state index in [1.165, 1.54) is 0 Å². The first-order valence-electron chi connectivity index (χ1n) is 9.82. The Hall–Kier alpha value is -2.02. The predicted octanol–water partition coefficient (Wildman–Crippen LogP) is 3.95. The molecule has 0 N–H and O–H groups in total. The SMILES string of the molecule is Cc1nn(CCCN2C[C@@H](C)O[C@@H](C)C2)cc1-c1cnc2ccc(Cl)nc2c1. The van der Waals surface area contributed by atoms with E-state index in [9.17, 15) is 0 Å². The van der Waals surface area contributed by atoms with Gasteiger partial charge in [0, 0.05) is 49.7 Å². The van der Waals surface area contributed by atoms with Gasteiger partial charge in [-0.2, -0.15) is 5.10 Å². The topological polar surface area (TPSA) is 56.1 Å². The molecule has 1 saturated heterocycles. The van der Waals surface area contributed by atoms with Crippen LogP contribution >= 0.6 is 11.6 Å². The molecule has 2 atom stereocenters. The Morgan fingerprint density at radius 3 is 2.71 bits per heavy atom. The van der Waals surface area contributed by atoms with Gasteiger partial charge in [-0.15, -0.1) is 0 Å². The van der Waals surface area contributed by atoms with E-state index in [0.717, 1.165) is 60.5 Å². The van der Waals surface area contributed by atoms with Gasteiger partial charge < -0.3 is 4.74 Å². The van der Waals surface area contributed by atoms with Gasteiger partial charge >= 0.3 is 0 Å². The fourth-order valence-electron chi connectivity index (χ4n) is 3.97. The quantitative estimate of drug-likeness (QED) is 0.608. The predicted molar refractivity (Wildman–Crippen MR) is 112 cm³/mol. The zero-order chi connectivity index (χ0) is 19.7. The van der Waals surface area contributed by atoms with Crippen LogP contribution in [0.2, 0.25) is 5.15 Å². The fourth-order valence-corrected chi connectivity index (χ4v) is 4.12. The number of nitrogens with zero attached hydrogens (tertiary/aromatic N) is 5. The summed E-state index contributed by atoms with van der Waals surface area (Å²) in [4.78, 5) is 11.4. The number of aryl methyl sites for hydroxylation is 2. The molecule has 0 spiro atoms. The summed E-state index contributed by atoms with van der Waals surface area (Å²) in [7, 11) is 0. The molecule has 3 aromatic rings. The van der Waals surface area contributed by atoms with E-state index < -0.39 is 0 Å². The van der Waals surface area contributed by atoms with Crippen molar-refractivity contribution in [2.75, 3.05) is 19.6 Å². The number of hydrogen-bond acceptors (Lipinski definition) is 5. The van der Waals surface area contributed by atoms with Crippen molar-refractivity contribution in [2.24, 2.45) is 0 Å². The molecule has 7 heteroatoms. The van der Waals surface area contributed by atoms with Crippen molar-refractivity contribution in [3.63, 3.8) is 0 Å². The Kier molecular flexibility index (Phi) is 5.62. The summed E-state index contributed by atoms with van der Waals surface area (Å²) in [5.41, 5.74) is 4.74. The lowest BCUT2D eigenvalue weighted by Gasteiger charge is -2.35. The largest absolute Gasteiger partial charge is 0.373 e. The molecule has 4 heterocycles. The second-order valence-electron chi connectivity index (χ2n) is 7.66. The molecular weight excluding hydrogens is 374 g/mol. The molecule has 0 amide bonds. The maximum atomic E-state index is 6.02. The normalized spacial score (nSPS) is 20.7. The van der Waals surface area contributed by atoms with Gasteiger partial charge in [0.2, 0.25) is 0 Å². The summed E-state index contributed by atoms with van der Waals surface area (Å²) in [6.45, 7) is 10.3. The van der Waals surface area contributed by atoms with Crippen molar-refractivity contribution in [3.05, 3.63) is 41.4 Å². The summed E-state index contributed by atoms with van der Waals surface area (Å²) in [6.07, 6.45) is 5.66. The van der Waals surface area contributed by atoms with Crippen molar-refractivity contribution in [3.8, 4) is 11.1 Å². The van der Waals surface area contributed by atoms with Gasteiger partial charge in [0.25, 0.3) is 0 Å². The van der Waals surface area contributed by atoms with Crippen LogP contribution in [0.3, 0.4) is 0 Å². The van der Waals surface area contributed by atoms with Crippen LogP contribution in [0.5, 0.6) is 0 Å². The first kappa shape index (κ1) is 19.3. The van der Waals surface area contributed by atoms with Crippen LogP contribution in [0.4, 0.5) is 0 Å². The van der Waals surface area contributed by atoms with Crippen molar-refractivity contribution in [2.45, 2.75) is 45.9 Å². The highest BCUT2D eigenvalue weighted by atomic mass is 35.5. The third-order valence-corrected chi connectivity index (χ3v) is 5.33. The zero-order valence-corrected chi connectivity index (χ0v) is 17.4. The molecule has 0 bridgehead atoms. The first-order valence-corrected chi connectivity index (χ1v) is 10.2. The lowest BCUT2D eigenvalue weighted by atomic mass is 10.1. The molecule has 0 radical (unpaired) electrons. The van der Waals surface area contributed by atoms with E-state index in [2.05, 4.69) is 34.9 Å². The van der Waals surface area contributed by atoms with Gasteiger partial charge in [0.15, 0.2) is 0 Å². The van der Waals surface area contributed by atoms with E-state index in [1.807, 2.05) is 29.9 Å². The lowest BCUT2D eigenvalue weighted by Crippen LogP contribution is -2.45. The van der Waals surface area contributed by atoms with E-state index in [0.29, 0.717) is 17.4 Å². The highest BCUT2D eigenvalue weighted by molar-refractivity contribution is 6.29. The number of morpholine rings is 1. The van der Waals surface area contributed by atoms with Crippen molar-refractivity contribution in [1.29, 1.82) is 0 Å². The summed E-state index contributed by atoms with van der Waals surface area (Å²) < 4.78 is 7.84. The molecule has 28 heavy (non-hydrogen) atoms. The highest BCUT2D eigenvalue weighted by Crippen LogP contribution is 2.25. The van der Waals surface area contributed by atoms with Gasteiger partial charge in [-0.3, -0.25) is 14.6 Å². The second kappa shape index (κ2) is 8.15. The number of rotatable bonds is 5. The van der Waals surface area contributed by atoms with Crippen molar-refractivity contribution in [1.82, 2.24) is 24.6 Å². The van der Waals surface area contributed by atoms with Gasteiger partial charge in [0.05, 0.1) is 28.9 Å². The Bertz CT molecular complexity index is 963. The van der Waals surface area contributed by atoms with Crippen LogP contribution in [0, 0.1) is 6.92 Å². The Labute approximate surface area is 170 Å². The summed E-state index contributed by atoms with van der Waals surface area (Å²) in [6, 6.07) is 5.67. The minimum Gasteiger partial charge on any atom is -0.373 e. The lowest BCUT2D eigenvalue weighted by molar-refractivity contribution is -0.0683. The van der Waals surface area contributed by atoms with Crippen molar-refractivity contribution >= 4 is 22.6 Å². The molecule has 4 rings (SSSR count). The monoisotopic (exact) mass is 399 g/mol. The van der Waals surface area contributed by atoms with Gasteiger partial charge in [-0.1, -0.05) is 11.6 Å². The maximum Gasteiger partial charge on any atom is 0.129 e. The van der Waals surface area contributed by atoms with E-state index in [-0.39, 0.29) is 0 Å². The van der Waals surface area contributed by atoms with E-state index in [1.54, 1.807) is 6.07 Å². The fraction of sp³-hybridized carbons (Fsp3) is 0.476. The minimum absolute atomic E-state index is 0.310. The summed E-state index contributed by atoms with van der Waals surface area (Å²) >= 11 is 6.02. The average molecular weight is 400 g/mol. The first-order chi connectivity index (χ1) is 13.5. The van der Waals surface area contributed by atoms with Crippen LogP contribution in [-0.2, 0) is 11.3 Å². The molecule has 0 unspecified atom stereocenters.